The van der Waals surface area contributed by atoms with E-state index in [0.29, 0.717) is 0 Å². The van der Waals surface area contributed by atoms with Gasteiger partial charge in [-0.05, 0) is 31.0 Å². The molecule has 1 aliphatic rings. The van der Waals surface area contributed by atoms with Crippen LogP contribution >= 0.6 is 11.8 Å². The highest BCUT2D eigenvalue weighted by molar-refractivity contribution is 8.00. The first-order valence-electron chi connectivity index (χ1n) is 6.97. The van der Waals surface area contributed by atoms with Gasteiger partial charge in [-0.15, -0.1) is 11.8 Å². The molecule has 0 radical (unpaired) electrons. The van der Waals surface area contributed by atoms with Gasteiger partial charge in [0.25, 0.3) is 0 Å². The van der Waals surface area contributed by atoms with Gasteiger partial charge in [-0.1, -0.05) is 25.3 Å². The second-order valence-corrected chi connectivity index (χ2v) is 6.16. The van der Waals surface area contributed by atoms with E-state index in [1.165, 1.54) is 18.2 Å². The van der Waals surface area contributed by atoms with Gasteiger partial charge in [-0.25, -0.2) is 0 Å². The lowest BCUT2D eigenvalue weighted by Gasteiger charge is -2.20. The summed E-state index contributed by atoms with van der Waals surface area (Å²) in [4.78, 5) is 23.9. The highest BCUT2D eigenvalue weighted by atomic mass is 32.2. The maximum Gasteiger partial charge on any atom is 0.227 e. The van der Waals surface area contributed by atoms with Crippen molar-refractivity contribution in [1.82, 2.24) is 0 Å². The van der Waals surface area contributed by atoms with Crippen LogP contribution in [0.1, 0.15) is 32.1 Å². The van der Waals surface area contributed by atoms with Crippen molar-refractivity contribution in [2.24, 2.45) is 11.7 Å². The third kappa shape index (κ3) is 4.56. The fourth-order valence-electron chi connectivity index (χ4n) is 2.43. The molecule has 0 atom stereocenters. The molecule has 1 fully saturated rings. The molecule has 0 aromatic heterocycles. The Labute approximate surface area is 123 Å². The number of hydrogen-bond donors (Lipinski definition) is 2. The molecule has 0 aliphatic heterocycles. The molecule has 2 rings (SSSR count). The summed E-state index contributed by atoms with van der Waals surface area (Å²) in [6, 6.07) is 7.53. The van der Waals surface area contributed by atoms with E-state index < -0.39 is 0 Å². The zero-order valence-corrected chi connectivity index (χ0v) is 12.2. The van der Waals surface area contributed by atoms with Crippen LogP contribution in [0.15, 0.2) is 29.2 Å². The Kier molecular flexibility index (Phi) is 5.47. The van der Waals surface area contributed by atoms with Gasteiger partial charge in [0.1, 0.15) is 0 Å². The zero-order chi connectivity index (χ0) is 14.4. The van der Waals surface area contributed by atoms with E-state index >= 15 is 0 Å². The lowest BCUT2D eigenvalue weighted by atomic mass is 9.88. The van der Waals surface area contributed by atoms with E-state index in [4.69, 9.17) is 5.73 Å². The lowest BCUT2D eigenvalue weighted by Crippen LogP contribution is -2.24. The molecule has 5 heteroatoms. The molecule has 0 heterocycles. The van der Waals surface area contributed by atoms with Gasteiger partial charge < -0.3 is 11.1 Å². The molecule has 0 unspecified atom stereocenters. The molecule has 3 N–H and O–H groups in total. The second-order valence-electron chi connectivity index (χ2n) is 5.11. The number of primary amides is 1. The van der Waals surface area contributed by atoms with Crippen LogP contribution in [0, 0.1) is 5.92 Å². The van der Waals surface area contributed by atoms with Crippen molar-refractivity contribution in [2.75, 3.05) is 11.1 Å². The molecule has 1 saturated carbocycles. The van der Waals surface area contributed by atoms with E-state index in [-0.39, 0.29) is 23.5 Å². The molecule has 1 aromatic rings. The smallest absolute Gasteiger partial charge is 0.227 e. The third-order valence-electron chi connectivity index (χ3n) is 3.46. The Bertz CT molecular complexity index is 485. The minimum absolute atomic E-state index is 0.113. The molecule has 20 heavy (non-hydrogen) atoms. The summed E-state index contributed by atoms with van der Waals surface area (Å²) in [5, 5.41) is 2.97. The summed E-state index contributed by atoms with van der Waals surface area (Å²) in [5.74, 6) is 0.166. The first-order chi connectivity index (χ1) is 9.65. The van der Waals surface area contributed by atoms with Crippen molar-refractivity contribution < 1.29 is 9.59 Å². The van der Waals surface area contributed by atoms with Crippen LogP contribution in [0.3, 0.4) is 0 Å². The average molecular weight is 292 g/mol. The Morgan fingerprint density at radius 1 is 1.25 bits per heavy atom. The minimum atomic E-state index is -0.341. The molecular formula is C15H20N2O2S. The Hall–Kier alpha value is -1.49. The number of amides is 2. The topological polar surface area (TPSA) is 72.2 Å². The number of nitrogens with two attached hydrogens (primary N) is 1. The van der Waals surface area contributed by atoms with Crippen LogP contribution in [-0.4, -0.2) is 17.6 Å². The number of carbonyl (C=O) groups is 2. The first kappa shape index (κ1) is 14.9. The van der Waals surface area contributed by atoms with Crippen molar-refractivity contribution in [2.45, 2.75) is 37.0 Å². The predicted molar refractivity (Wildman–Crippen MR) is 81.6 cm³/mol. The van der Waals surface area contributed by atoms with E-state index in [1.54, 1.807) is 0 Å². The zero-order valence-electron chi connectivity index (χ0n) is 11.4. The van der Waals surface area contributed by atoms with E-state index in [9.17, 15) is 9.59 Å². The van der Waals surface area contributed by atoms with Crippen LogP contribution in [-0.2, 0) is 9.59 Å². The fourth-order valence-corrected chi connectivity index (χ4v) is 3.12. The predicted octanol–water partition coefficient (Wildman–Crippen LogP) is 2.78. The third-order valence-corrected chi connectivity index (χ3v) is 4.47. The van der Waals surface area contributed by atoms with Crippen LogP contribution in [0.25, 0.3) is 0 Å². The number of hydrogen-bond acceptors (Lipinski definition) is 3. The molecule has 2 amide bonds. The molecule has 108 valence electrons. The summed E-state index contributed by atoms with van der Waals surface area (Å²) in [6.07, 6.45) is 5.51. The lowest BCUT2D eigenvalue weighted by molar-refractivity contribution is -0.120. The van der Waals surface area contributed by atoms with Crippen molar-refractivity contribution >= 4 is 29.3 Å². The molecule has 1 aliphatic carbocycles. The van der Waals surface area contributed by atoms with Gasteiger partial charge in [-0.2, -0.15) is 0 Å². The van der Waals surface area contributed by atoms with Crippen LogP contribution in [0.5, 0.6) is 0 Å². The number of rotatable bonds is 5. The minimum Gasteiger partial charge on any atom is -0.369 e. The molecule has 0 bridgehead atoms. The largest absolute Gasteiger partial charge is 0.369 e. The van der Waals surface area contributed by atoms with E-state index in [1.807, 2.05) is 24.3 Å². The molecule has 1 aromatic carbocycles. The molecule has 0 saturated heterocycles. The van der Waals surface area contributed by atoms with Crippen molar-refractivity contribution in [3.63, 3.8) is 0 Å². The number of thioether (sulfide) groups is 1. The van der Waals surface area contributed by atoms with Gasteiger partial charge in [-0.3, -0.25) is 9.59 Å². The Morgan fingerprint density at radius 3 is 2.70 bits per heavy atom. The van der Waals surface area contributed by atoms with Crippen LogP contribution < -0.4 is 11.1 Å². The second kappa shape index (κ2) is 7.33. The number of benzene rings is 1. The number of anilines is 1. The highest BCUT2D eigenvalue weighted by Crippen LogP contribution is 2.26. The summed E-state index contributed by atoms with van der Waals surface area (Å²) >= 11 is 1.38. The summed E-state index contributed by atoms with van der Waals surface area (Å²) in [7, 11) is 0. The Balaban J connectivity index is 1.93. The summed E-state index contributed by atoms with van der Waals surface area (Å²) in [6.45, 7) is 0. The van der Waals surface area contributed by atoms with E-state index in [2.05, 4.69) is 5.32 Å². The quantitative estimate of drug-likeness (QED) is 0.820. The van der Waals surface area contributed by atoms with Gasteiger partial charge in [0.15, 0.2) is 0 Å². The first-order valence-corrected chi connectivity index (χ1v) is 7.96. The monoisotopic (exact) mass is 292 g/mol. The molecule has 4 nitrogen and oxygen atoms in total. The van der Waals surface area contributed by atoms with Gasteiger partial charge in [0.05, 0.1) is 5.75 Å². The maximum atomic E-state index is 12.2. The van der Waals surface area contributed by atoms with E-state index in [0.717, 1.165) is 36.3 Å². The van der Waals surface area contributed by atoms with Crippen LogP contribution in [0.2, 0.25) is 0 Å². The molecular weight excluding hydrogens is 272 g/mol. The highest BCUT2D eigenvalue weighted by Gasteiger charge is 2.20. The van der Waals surface area contributed by atoms with Crippen molar-refractivity contribution in [1.29, 1.82) is 0 Å². The normalized spacial score (nSPS) is 15.8. The summed E-state index contributed by atoms with van der Waals surface area (Å²) in [5.41, 5.74) is 5.91. The SMILES string of the molecule is NC(=O)CSc1cccc(NC(=O)C2CCCCC2)c1. The van der Waals surface area contributed by atoms with Gasteiger partial charge in [0.2, 0.25) is 11.8 Å². The van der Waals surface area contributed by atoms with Crippen LogP contribution in [0.4, 0.5) is 5.69 Å². The average Bonchev–Trinajstić information content (AvgIpc) is 2.46. The number of carbonyl (C=O) groups excluding carboxylic acids is 2. The fraction of sp³-hybridized carbons (Fsp3) is 0.467. The summed E-state index contributed by atoms with van der Waals surface area (Å²) < 4.78 is 0. The molecule has 0 spiro atoms. The van der Waals surface area contributed by atoms with Crippen molar-refractivity contribution in [3.8, 4) is 0 Å². The standard InChI is InChI=1S/C15H20N2O2S/c16-14(18)10-20-13-8-4-7-12(9-13)17-15(19)11-5-2-1-3-6-11/h4,7-9,11H,1-3,5-6,10H2,(H2,16,18)(H,17,19). The van der Waals surface area contributed by atoms with Gasteiger partial charge in [0, 0.05) is 16.5 Å². The Morgan fingerprint density at radius 2 is 2.00 bits per heavy atom. The van der Waals surface area contributed by atoms with Crippen molar-refractivity contribution in [3.05, 3.63) is 24.3 Å². The van der Waals surface area contributed by atoms with Gasteiger partial charge >= 0.3 is 0 Å². The maximum absolute atomic E-state index is 12.2. The number of nitrogens with one attached hydrogen (secondary N) is 1.